The van der Waals surface area contributed by atoms with Crippen molar-refractivity contribution in [2.24, 2.45) is 0 Å². The molecule has 3 saturated heterocycles. The Labute approximate surface area is 105 Å². The molecule has 3 fully saturated rings. The third kappa shape index (κ3) is 2.83. The highest BCUT2D eigenvalue weighted by molar-refractivity contribution is 4.92. The molecular weight excluding hydrogens is 212 g/mol. The molecule has 3 rings (SSSR count). The average Bonchev–Trinajstić information content (AvgIpc) is 3.09. The Kier molecular flexibility index (Phi) is 3.99. The van der Waals surface area contributed by atoms with E-state index in [-0.39, 0.29) is 0 Å². The number of likely N-dealkylation sites (tertiary alicyclic amines) is 1. The van der Waals surface area contributed by atoms with E-state index in [4.69, 9.17) is 4.74 Å². The van der Waals surface area contributed by atoms with Crippen molar-refractivity contribution in [3.8, 4) is 0 Å². The molecule has 3 aliphatic rings. The van der Waals surface area contributed by atoms with Crippen molar-refractivity contribution in [2.45, 2.75) is 63.1 Å². The van der Waals surface area contributed by atoms with Crippen LogP contribution in [0.25, 0.3) is 0 Å². The molecule has 0 amide bonds. The van der Waals surface area contributed by atoms with Gasteiger partial charge in [-0.2, -0.15) is 0 Å². The highest BCUT2D eigenvalue weighted by Crippen LogP contribution is 2.26. The molecule has 3 atom stereocenters. The molecule has 0 aromatic carbocycles. The summed E-state index contributed by atoms with van der Waals surface area (Å²) in [4.78, 5) is 2.73. The minimum absolute atomic E-state index is 0.563. The van der Waals surface area contributed by atoms with E-state index in [2.05, 4.69) is 10.2 Å². The van der Waals surface area contributed by atoms with Gasteiger partial charge >= 0.3 is 0 Å². The van der Waals surface area contributed by atoms with Gasteiger partial charge in [0.2, 0.25) is 0 Å². The van der Waals surface area contributed by atoms with Gasteiger partial charge in [-0.3, -0.25) is 4.90 Å². The molecule has 3 aliphatic heterocycles. The summed E-state index contributed by atoms with van der Waals surface area (Å²) in [6.45, 7) is 4.81. The minimum atomic E-state index is 0.563. The Morgan fingerprint density at radius 3 is 2.88 bits per heavy atom. The molecule has 0 bridgehead atoms. The maximum Gasteiger partial charge on any atom is 0.0588 e. The Bertz CT molecular complexity index is 234. The molecule has 0 aromatic rings. The van der Waals surface area contributed by atoms with Crippen LogP contribution in [0.5, 0.6) is 0 Å². The number of hydrogen-bond donors (Lipinski definition) is 1. The van der Waals surface area contributed by atoms with Crippen LogP contribution in [-0.4, -0.2) is 49.3 Å². The third-order valence-electron chi connectivity index (χ3n) is 4.74. The largest absolute Gasteiger partial charge is 0.378 e. The van der Waals surface area contributed by atoms with Crippen LogP contribution >= 0.6 is 0 Å². The van der Waals surface area contributed by atoms with E-state index in [1.807, 2.05) is 0 Å². The predicted molar refractivity (Wildman–Crippen MR) is 69.2 cm³/mol. The number of nitrogens with one attached hydrogen (secondary N) is 1. The third-order valence-corrected chi connectivity index (χ3v) is 4.74. The number of hydrogen-bond acceptors (Lipinski definition) is 3. The summed E-state index contributed by atoms with van der Waals surface area (Å²) in [5, 5.41) is 3.68. The normalized spacial score (nSPS) is 39.2. The van der Waals surface area contributed by atoms with Gasteiger partial charge in [0.05, 0.1) is 6.10 Å². The molecule has 3 unspecified atom stereocenters. The van der Waals surface area contributed by atoms with Crippen molar-refractivity contribution in [1.29, 1.82) is 0 Å². The average molecular weight is 238 g/mol. The SMILES string of the molecule is C1COC(CCN2CCCC2C2CCCN2)C1. The van der Waals surface area contributed by atoms with E-state index in [1.54, 1.807) is 0 Å². The number of rotatable bonds is 4. The number of nitrogens with zero attached hydrogens (tertiary/aromatic N) is 1. The first kappa shape index (κ1) is 11.9. The first-order valence-corrected chi connectivity index (χ1v) is 7.52. The van der Waals surface area contributed by atoms with Crippen LogP contribution in [-0.2, 0) is 4.74 Å². The summed E-state index contributed by atoms with van der Waals surface area (Å²) in [6.07, 6.45) is 9.95. The highest BCUT2D eigenvalue weighted by atomic mass is 16.5. The van der Waals surface area contributed by atoms with Crippen LogP contribution in [0.15, 0.2) is 0 Å². The van der Waals surface area contributed by atoms with Gasteiger partial charge in [0.25, 0.3) is 0 Å². The van der Waals surface area contributed by atoms with Gasteiger partial charge in [-0.25, -0.2) is 0 Å². The molecule has 1 N–H and O–H groups in total. The molecule has 0 saturated carbocycles. The van der Waals surface area contributed by atoms with Crippen LogP contribution in [0.2, 0.25) is 0 Å². The van der Waals surface area contributed by atoms with Gasteiger partial charge in [0.1, 0.15) is 0 Å². The quantitative estimate of drug-likeness (QED) is 0.808. The van der Waals surface area contributed by atoms with Gasteiger partial charge in [-0.1, -0.05) is 0 Å². The summed E-state index contributed by atoms with van der Waals surface area (Å²) in [7, 11) is 0. The molecule has 0 aromatic heterocycles. The Morgan fingerprint density at radius 1 is 1.12 bits per heavy atom. The zero-order chi connectivity index (χ0) is 11.5. The fraction of sp³-hybridized carbons (Fsp3) is 1.00. The monoisotopic (exact) mass is 238 g/mol. The summed E-state index contributed by atoms with van der Waals surface area (Å²) >= 11 is 0. The Balaban J connectivity index is 1.47. The van der Waals surface area contributed by atoms with Gasteiger partial charge in [0, 0.05) is 25.2 Å². The fourth-order valence-corrected chi connectivity index (χ4v) is 3.81. The Hall–Kier alpha value is -0.120. The molecule has 0 radical (unpaired) electrons. The van der Waals surface area contributed by atoms with E-state index in [1.165, 1.54) is 64.6 Å². The first-order valence-electron chi connectivity index (χ1n) is 7.52. The lowest BCUT2D eigenvalue weighted by Crippen LogP contribution is -2.44. The van der Waals surface area contributed by atoms with Crippen molar-refractivity contribution in [1.82, 2.24) is 10.2 Å². The molecule has 3 nitrogen and oxygen atoms in total. The van der Waals surface area contributed by atoms with Crippen LogP contribution in [0.3, 0.4) is 0 Å². The van der Waals surface area contributed by atoms with Crippen molar-refractivity contribution < 1.29 is 4.74 Å². The maximum atomic E-state index is 5.73. The zero-order valence-corrected chi connectivity index (χ0v) is 10.9. The van der Waals surface area contributed by atoms with Gasteiger partial charge in [0.15, 0.2) is 0 Å². The van der Waals surface area contributed by atoms with Crippen LogP contribution < -0.4 is 5.32 Å². The molecule has 0 spiro atoms. The summed E-state index contributed by atoms with van der Waals surface area (Å²) in [5.74, 6) is 0. The van der Waals surface area contributed by atoms with Crippen molar-refractivity contribution in [3.05, 3.63) is 0 Å². The van der Waals surface area contributed by atoms with Crippen LogP contribution in [0, 0.1) is 0 Å². The zero-order valence-electron chi connectivity index (χ0n) is 10.9. The fourth-order valence-electron chi connectivity index (χ4n) is 3.81. The lowest BCUT2D eigenvalue weighted by molar-refractivity contribution is 0.0876. The van der Waals surface area contributed by atoms with Crippen molar-refractivity contribution in [2.75, 3.05) is 26.2 Å². The molecule has 3 heteroatoms. The smallest absolute Gasteiger partial charge is 0.0588 e. The lowest BCUT2D eigenvalue weighted by atomic mass is 10.0. The van der Waals surface area contributed by atoms with Gasteiger partial charge in [-0.15, -0.1) is 0 Å². The maximum absolute atomic E-state index is 5.73. The lowest BCUT2D eigenvalue weighted by Gasteiger charge is -2.30. The van der Waals surface area contributed by atoms with Crippen LogP contribution in [0.4, 0.5) is 0 Å². The minimum Gasteiger partial charge on any atom is -0.378 e. The summed E-state index contributed by atoms with van der Waals surface area (Å²) in [5.41, 5.74) is 0. The van der Waals surface area contributed by atoms with E-state index in [0.29, 0.717) is 6.10 Å². The molecule has 17 heavy (non-hydrogen) atoms. The second kappa shape index (κ2) is 5.68. The van der Waals surface area contributed by atoms with Gasteiger partial charge < -0.3 is 10.1 Å². The van der Waals surface area contributed by atoms with E-state index in [0.717, 1.165) is 18.7 Å². The standard InChI is InChI=1S/C14H26N2O/c1-5-13(15-8-1)14-6-2-9-16(14)10-7-12-4-3-11-17-12/h12-15H,1-11H2. The first-order chi connectivity index (χ1) is 8.43. The van der Waals surface area contributed by atoms with E-state index in [9.17, 15) is 0 Å². The second-order valence-corrected chi connectivity index (χ2v) is 5.87. The molecular formula is C14H26N2O. The number of ether oxygens (including phenoxy) is 1. The van der Waals surface area contributed by atoms with Crippen LogP contribution in [0.1, 0.15) is 44.9 Å². The van der Waals surface area contributed by atoms with E-state index >= 15 is 0 Å². The summed E-state index contributed by atoms with van der Waals surface area (Å²) in [6, 6.07) is 1.60. The molecule has 3 heterocycles. The Morgan fingerprint density at radius 2 is 2.12 bits per heavy atom. The molecule has 98 valence electrons. The second-order valence-electron chi connectivity index (χ2n) is 5.87. The topological polar surface area (TPSA) is 24.5 Å². The van der Waals surface area contributed by atoms with E-state index < -0.39 is 0 Å². The summed E-state index contributed by atoms with van der Waals surface area (Å²) < 4.78 is 5.73. The van der Waals surface area contributed by atoms with Crippen molar-refractivity contribution in [3.63, 3.8) is 0 Å². The van der Waals surface area contributed by atoms with Crippen molar-refractivity contribution >= 4 is 0 Å². The predicted octanol–water partition coefficient (Wildman–Crippen LogP) is 1.77. The van der Waals surface area contributed by atoms with Gasteiger partial charge in [-0.05, 0) is 58.0 Å². The molecule has 0 aliphatic carbocycles. The highest BCUT2D eigenvalue weighted by Gasteiger charge is 2.33.